The smallest absolute Gasteiger partial charge is 0.250 e. The Morgan fingerprint density at radius 2 is 2.18 bits per heavy atom. The van der Waals surface area contributed by atoms with Crippen molar-refractivity contribution >= 4 is 11.6 Å². The number of halogens is 3. The third kappa shape index (κ3) is 1.46. The van der Waals surface area contributed by atoms with Crippen LogP contribution in [0.5, 0.6) is 0 Å². The van der Waals surface area contributed by atoms with Crippen LogP contribution in [0, 0.1) is 11.8 Å². The molecule has 1 rings (SSSR count). The molecule has 1 aromatic heterocycles. The van der Waals surface area contributed by atoms with Crippen LogP contribution in [0.2, 0.25) is 5.02 Å². The quantitative estimate of drug-likeness (QED) is 0.662. The Kier molecular flexibility index (Phi) is 2.36. The van der Waals surface area contributed by atoms with Crippen molar-refractivity contribution in [2.45, 2.75) is 6.54 Å². The number of rotatable bonds is 1. The second-order valence-corrected chi connectivity index (χ2v) is 2.28. The molecule has 0 aliphatic rings. The number of aromatic nitrogens is 1. The van der Waals surface area contributed by atoms with E-state index in [-0.39, 0.29) is 11.6 Å². The maximum absolute atomic E-state index is 12.6. The maximum Gasteiger partial charge on any atom is 0.250 e. The molecule has 0 aliphatic carbocycles. The summed E-state index contributed by atoms with van der Waals surface area (Å²) in [6.45, 7) is 0.0447. The van der Waals surface area contributed by atoms with E-state index in [1.54, 1.807) is 0 Å². The largest absolute Gasteiger partial charge is 0.326 e. The first-order chi connectivity index (χ1) is 5.16. The molecule has 0 aromatic carbocycles. The number of hydrogen-bond acceptors (Lipinski definition) is 2. The predicted octanol–water partition coefficient (Wildman–Crippen LogP) is 1.47. The molecule has 1 heterocycles. The van der Waals surface area contributed by atoms with E-state index in [1.165, 1.54) is 0 Å². The number of nitrogens with zero attached hydrogens (tertiary/aromatic N) is 1. The van der Waals surface area contributed by atoms with Gasteiger partial charge in [0.05, 0.1) is 5.02 Å². The van der Waals surface area contributed by atoms with Gasteiger partial charge in [-0.25, -0.2) is 9.37 Å². The van der Waals surface area contributed by atoms with Crippen LogP contribution in [0.3, 0.4) is 0 Å². The average molecular weight is 179 g/mol. The van der Waals surface area contributed by atoms with Crippen molar-refractivity contribution in [2.24, 2.45) is 5.73 Å². The molecule has 0 bridgehead atoms. The number of pyridine rings is 1. The molecule has 0 amide bonds. The van der Waals surface area contributed by atoms with Crippen LogP contribution in [0.25, 0.3) is 0 Å². The predicted molar refractivity (Wildman–Crippen MR) is 37.1 cm³/mol. The zero-order valence-corrected chi connectivity index (χ0v) is 6.20. The topological polar surface area (TPSA) is 38.9 Å². The average Bonchev–Trinajstić information content (AvgIpc) is 2.01. The molecule has 0 saturated heterocycles. The molecule has 0 aliphatic heterocycles. The zero-order valence-electron chi connectivity index (χ0n) is 5.44. The minimum absolute atomic E-state index is 0.0447. The first kappa shape index (κ1) is 8.36. The molecule has 2 nitrogen and oxygen atoms in total. The van der Waals surface area contributed by atoms with Gasteiger partial charge >= 0.3 is 0 Å². The molecule has 0 unspecified atom stereocenters. The van der Waals surface area contributed by atoms with Crippen LogP contribution >= 0.6 is 11.6 Å². The van der Waals surface area contributed by atoms with Gasteiger partial charge in [0, 0.05) is 18.3 Å². The summed E-state index contributed by atoms with van der Waals surface area (Å²) >= 11 is 5.36. The highest BCUT2D eigenvalue weighted by atomic mass is 35.5. The van der Waals surface area contributed by atoms with Crippen LogP contribution in [0.4, 0.5) is 8.78 Å². The maximum atomic E-state index is 12.6. The van der Waals surface area contributed by atoms with E-state index in [4.69, 9.17) is 17.3 Å². The lowest BCUT2D eigenvalue weighted by Crippen LogP contribution is -2.01. The van der Waals surface area contributed by atoms with Crippen LogP contribution in [-0.2, 0) is 6.54 Å². The summed E-state index contributed by atoms with van der Waals surface area (Å²) in [6.07, 6.45) is 1.11. The van der Waals surface area contributed by atoms with Crippen LogP contribution < -0.4 is 5.73 Å². The molecule has 0 radical (unpaired) electrons. The fourth-order valence-corrected chi connectivity index (χ4v) is 0.826. The summed E-state index contributed by atoms with van der Waals surface area (Å²) in [5.41, 5.74) is 5.45. The SMILES string of the molecule is NCc1cnc(F)c(F)c1Cl. The van der Waals surface area contributed by atoms with Gasteiger partial charge in [0.2, 0.25) is 5.95 Å². The van der Waals surface area contributed by atoms with Crippen molar-refractivity contribution in [1.29, 1.82) is 0 Å². The molecule has 11 heavy (non-hydrogen) atoms. The minimum atomic E-state index is -1.20. The molecule has 1 aromatic rings. The van der Waals surface area contributed by atoms with Crippen molar-refractivity contribution in [2.75, 3.05) is 0 Å². The van der Waals surface area contributed by atoms with Crippen LogP contribution in [0.1, 0.15) is 5.56 Å². The van der Waals surface area contributed by atoms with Gasteiger partial charge in [0.1, 0.15) is 0 Å². The van der Waals surface area contributed by atoms with E-state index >= 15 is 0 Å². The first-order valence-electron chi connectivity index (χ1n) is 2.85. The van der Waals surface area contributed by atoms with E-state index in [0.29, 0.717) is 5.56 Å². The van der Waals surface area contributed by atoms with Crippen molar-refractivity contribution in [3.8, 4) is 0 Å². The van der Waals surface area contributed by atoms with Gasteiger partial charge in [-0.15, -0.1) is 0 Å². The second kappa shape index (κ2) is 3.11. The lowest BCUT2D eigenvalue weighted by Gasteiger charge is -2.00. The van der Waals surface area contributed by atoms with Gasteiger partial charge in [-0.1, -0.05) is 11.6 Å². The third-order valence-corrected chi connectivity index (χ3v) is 1.62. The van der Waals surface area contributed by atoms with E-state index in [1.807, 2.05) is 0 Å². The van der Waals surface area contributed by atoms with Gasteiger partial charge in [0.25, 0.3) is 0 Å². The Morgan fingerprint density at radius 1 is 1.55 bits per heavy atom. The molecule has 0 spiro atoms. The van der Waals surface area contributed by atoms with E-state index in [2.05, 4.69) is 4.98 Å². The van der Waals surface area contributed by atoms with Gasteiger partial charge in [0.15, 0.2) is 5.82 Å². The van der Waals surface area contributed by atoms with E-state index in [9.17, 15) is 8.78 Å². The molecule has 0 fully saturated rings. The van der Waals surface area contributed by atoms with Gasteiger partial charge in [-0.3, -0.25) is 0 Å². The highest BCUT2D eigenvalue weighted by Crippen LogP contribution is 2.19. The molecular weight excluding hydrogens is 174 g/mol. The molecule has 5 heteroatoms. The minimum Gasteiger partial charge on any atom is -0.326 e. The molecule has 0 atom stereocenters. The van der Waals surface area contributed by atoms with Gasteiger partial charge in [-0.2, -0.15) is 4.39 Å². The standard InChI is InChI=1S/C6H5ClF2N2/c7-4-3(1-10)2-11-6(9)5(4)8/h2H,1,10H2. The van der Waals surface area contributed by atoms with Gasteiger partial charge in [-0.05, 0) is 0 Å². The second-order valence-electron chi connectivity index (χ2n) is 1.91. The molecule has 2 N–H and O–H groups in total. The van der Waals surface area contributed by atoms with Crippen LogP contribution in [-0.4, -0.2) is 4.98 Å². The Hall–Kier alpha value is -0.740. The lowest BCUT2D eigenvalue weighted by atomic mass is 10.3. The molecule has 0 saturated carbocycles. The summed E-state index contributed by atoms with van der Waals surface area (Å²) < 4.78 is 24.8. The van der Waals surface area contributed by atoms with Crippen LogP contribution in [0.15, 0.2) is 6.20 Å². The Balaban J connectivity index is 3.25. The Morgan fingerprint density at radius 3 is 2.73 bits per heavy atom. The summed E-state index contributed by atoms with van der Waals surface area (Å²) in [5.74, 6) is -2.35. The fourth-order valence-electron chi connectivity index (χ4n) is 0.622. The summed E-state index contributed by atoms with van der Waals surface area (Å²) in [7, 11) is 0. The lowest BCUT2D eigenvalue weighted by molar-refractivity contribution is 0.477. The Bertz CT molecular complexity index is 278. The van der Waals surface area contributed by atoms with Crippen molar-refractivity contribution < 1.29 is 8.78 Å². The zero-order chi connectivity index (χ0) is 8.43. The van der Waals surface area contributed by atoms with E-state index < -0.39 is 11.8 Å². The fraction of sp³-hybridized carbons (Fsp3) is 0.167. The van der Waals surface area contributed by atoms with Gasteiger partial charge < -0.3 is 5.73 Å². The van der Waals surface area contributed by atoms with Crippen molar-refractivity contribution in [1.82, 2.24) is 4.98 Å². The van der Waals surface area contributed by atoms with Crippen molar-refractivity contribution in [3.63, 3.8) is 0 Å². The van der Waals surface area contributed by atoms with E-state index in [0.717, 1.165) is 6.20 Å². The van der Waals surface area contributed by atoms with Crippen molar-refractivity contribution in [3.05, 3.63) is 28.5 Å². The molecular formula is C6H5ClF2N2. The summed E-state index contributed by atoms with van der Waals surface area (Å²) in [6, 6.07) is 0. The summed E-state index contributed by atoms with van der Waals surface area (Å²) in [5, 5.41) is -0.292. The summed E-state index contributed by atoms with van der Waals surface area (Å²) in [4.78, 5) is 3.10. The first-order valence-corrected chi connectivity index (χ1v) is 3.23. The molecule has 60 valence electrons. The third-order valence-electron chi connectivity index (χ3n) is 1.21. The number of hydrogen-bond donors (Lipinski definition) is 1. The number of nitrogens with two attached hydrogens (primary N) is 1. The highest BCUT2D eigenvalue weighted by molar-refractivity contribution is 6.31. The normalized spacial score (nSPS) is 10.2. The highest BCUT2D eigenvalue weighted by Gasteiger charge is 2.10. The monoisotopic (exact) mass is 178 g/mol. The Labute approximate surface area is 67.0 Å².